The van der Waals surface area contributed by atoms with Crippen molar-refractivity contribution >= 4 is 39.1 Å². The van der Waals surface area contributed by atoms with Crippen LogP contribution in [0, 0.1) is 0 Å². The van der Waals surface area contributed by atoms with Crippen LogP contribution in [0.5, 0.6) is 0 Å². The highest BCUT2D eigenvalue weighted by Gasteiger charge is 2.31. The molecule has 1 aromatic carbocycles. The van der Waals surface area contributed by atoms with Gasteiger partial charge in [0.05, 0.1) is 0 Å². The molecule has 0 radical (unpaired) electrons. The van der Waals surface area contributed by atoms with Crippen LogP contribution in [0.1, 0.15) is 57.4 Å². The summed E-state index contributed by atoms with van der Waals surface area (Å²) in [6.45, 7) is 2.25. The molecule has 0 nitrogen and oxygen atoms in total. The van der Waals surface area contributed by atoms with Crippen LogP contribution in [0.2, 0.25) is 0 Å². The summed E-state index contributed by atoms with van der Waals surface area (Å²) in [6.07, 6.45) is 8.86. The smallest absolute Gasteiger partial charge is 0.0332 e. The summed E-state index contributed by atoms with van der Waals surface area (Å²) in [6, 6.07) is 8.32. The first-order valence-corrected chi connectivity index (χ1v) is 9.43. The van der Waals surface area contributed by atoms with Gasteiger partial charge in [0.15, 0.2) is 0 Å². The highest BCUT2D eigenvalue weighted by Crippen LogP contribution is 2.37. The number of hydrogen-bond acceptors (Lipinski definition) is 0. The zero-order valence-corrected chi connectivity index (χ0v) is 15.4. The van der Waals surface area contributed by atoms with E-state index in [1.54, 1.807) is 0 Å². The molecule has 0 aromatic heterocycles. The van der Waals surface area contributed by atoms with Crippen LogP contribution in [0.15, 0.2) is 28.7 Å². The van der Waals surface area contributed by atoms with Gasteiger partial charge in [-0.15, -0.1) is 23.2 Å². The van der Waals surface area contributed by atoms with Crippen molar-refractivity contribution in [1.29, 1.82) is 0 Å². The molecular weight excluding hydrogens is 355 g/mol. The van der Waals surface area contributed by atoms with Gasteiger partial charge in [0.1, 0.15) is 0 Å². The van der Waals surface area contributed by atoms with Crippen molar-refractivity contribution in [2.45, 2.75) is 57.3 Å². The molecule has 0 saturated carbocycles. The fraction of sp³-hybridized carbons (Fsp3) is 0.647. The van der Waals surface area contributed by atoms with E-state index in [4.69, 9.17) is 23.2 Å². The summed E-state index contributed by atoms with van der Waals surface area (Å²) in [7, 11) is 0. The van der Waals surface area contributed by atoms with E-state index in [1.165, 1.54) is 44.1 Å². The number of rotatable bonds is 10. The summed E-state index contributed by atoms with van der Waals surface area (Å²) >= 11 is 16.2. The molecule has 20 heavy (non-hydrogen) atoms. The van der Waals surface area contributed by atoms with E-state index in [1.807, 2.05) is 6.07 Å². The maximum absolute atomic E-state index is 6.29. The van der Waals surface area contributed by atoms with Gasteiger partial charge >= 0.3 is 0 Å². The first-order chi connectivity index (χ1) is 9.70. The summed E-state index contributed by atoms with van der Waals surface area (Å²) in [5, 5.41) is 0. The standard InChI is InChI=1S/C17H25BrCl2/c1-2-3-4-5-6-9-12-17(13-19,14-20)15-10-7-8-11-16(15)18/h7-8,10-11H,2-6,9,12-14H2,1H3. The predicted molar refractivity (Wildman–Crippen MR) is 95.3 cm³/mol. The Kier molecular flexibility index (Phi) is 9.24. The SMILES string of the molecule is CCCCCCCCC(CCl)(CCl)c1ccccc1Br. The van der Waals surface area contributed by atoms with Gasteiger partial charge in [0.25, 0.3) is 0 Å². The largest absolute Gasteiger partial charge is 0.126 e. The van der Waals surface area contributed by atoms with Gasteiger partial charge in [0, 0.05) is 21.6 Å². The van der Waals surface area contributed by atoms with Crippen molar-refractivity contribution in [3.05, 3.63) is 34.3 Å². The van der Waals surface area contributed by atoms with Crippen LogP contribution >= 0.6 is 39.1 Å². The first-order valence-electron chi connectivity index (χ1n) is 7.57. The number of unbranched alkanes of at least 4 members (excludes halogenated alkanes) is 5. The van der Waals surface area contributed by atoms with E-state index in [0.717, 1.165) is 10.9 Å². The normalized spacial score (nSPS) is 11.8. The van der Waals surface area contributed by atoms with Crippen molar-refractivity contribution in [2.75, 3.05) is 11.8 Å². The predicted octanol–water partition coefficient (Wildman–Crippen LogP) is 6.92. The molecule has 0 aliphatic rings. The Bertz CT molecular complexity index is 375. The Morgan fingerprint density at radius 2 is 1.55 bits per heavy atom. The zero-order chi connectivity index (χ0) is 14.8. The molecule has 0 atom stereocenters. The van der Waals surface area contributed by atoms with Crippen molar-refractivity contribution in [3.8, 4) is 0 Å². The molecule has 3 heteroatoms. The van der Waals surface area contributed by atoms with E-state index in [0.29, 0.717) is 11.8 Å². The van der Waals surface area contributed by atoms with Crippen LogP contribution in [0.3, 0.4) is 0 Å². The Morgan fingerprint density at radius 3 is 2.15 bits per heavy atom. The van der Waals surface area contributed by atoms with Gasteiger partial charge < -0.3 is 0 Å². The highest BCUT2D eigenvalue weighted by atomic mass is 79.9. The second kappa shape index (κ2) is 10.1. The summed E-state index contributed by atoms with van der Waals surface area (Å²) in [4.78, 5) is 0. The Hall–Kier alpha value is 0.280. The molecule has 1 rings (SSSR count). The summed E-state index contributed by atoms with van der Waals surface area (Å²) in [5.41, 5.74) is 1.15. The van der Waals surface area contributed by atoms with Gasteiger partial charge in [-0.3, -0.25) is 0 Å². The monoisotopic (exact) mass is 378 g/mol. The summed E-state index contributed by atoms with van der Waals surface area (Å²) < 4.78 is 1.12. The minimum Gasteiger partial charge on any atom is -0.126 e. The molecule has 0 aliphatic carbocycles. The fourth-order valence-corrected chi connectivity index (χ4v) is 4.13. The lowest BCUT2D eigenvalue weighted by molar-refractivity contribution is 0.451. The van der Waals surface area contributed by atoms with Crippen LogP contribution < -0.4 is 0 Å². The highest BCUT2D eigenvalue weighted by molar-refractivity contribution is 9.10. The lowest BCUT2D eigenvalue weighted by Gasteiger charge is -2.31. The quantitative estimate of drug-likeness (QED) is 0.305. The lowest BCUT2D eigenvalue weighted by atomic mass is 9.79. The Morgan fingerprint density at radius 1 is 0.950 bits per heavy atom. The number of hydrogen-bond donors (Lipinski definition) is 0. The molecule has 0 saturated heterocycles. The second-order valence-electron chi connectivity index (χ2n) is 5.55. The van der Waals surface area contributed by atoms with E-state index < -0.39 is 0 Å². The summed E-state index contributed by atoms with van der Waals surface area (Å²) in [5.74, 6) is 1.15. The molecule has 0 bridgehead atoms. The number of benzene rings is 1. The van der Waals surface area contributed by atoms with Gasteiger partial charge in [-0.2, -0.15) is 0 Å². The van der Waals surface area contributed by atoms with Crippen molar-refractivity contribution < 1.29 is 0 Å². The molecule has 0 spiro atoms. The minimum atomic E-state index is -0.103. The average Bonchev–Trinajstić information content (AvgIpc) is 2.48. The van der Waals surface area contributed by atoms with Crippen molar-refractivity contribution in [3.63, 3.8) is 0 Å². The molecule has 0 fully saturated rings. The molecule has 0 unspecified atom stereocenters. The maximum Gasteiger partial charge on any atom is 0.0332 e. The number of alkyl halides is 2. The molecule has 0 heterocycles. The van der Waals surface area contributed by atoms with E-state index in [-0.39, 0.29) is 5.41 Å². The minimum absolute atomic E-state index is 0.103. The molecule has 0 aliphatic heterocycles. The van der Waals surface area contributed by atoms with Gasteiger partial charge in [-0.25, -0.2) is 0 Å². The second-order valence-corrected chi connectivity index (χ2v) is 6.93. The lowest BCUT2D eigenvalue weighted by Crippen LogP contribution is -2.31. The van der Waals surface area contributed by atoms with Gasteiger partial charge in [0.2, 0.25) is 0 Å². The molecule has 114 valence electrons. The zero-order valence-electron chi connectivity index (χ0n) is 12.3. The van der Waals surface area contributed by atoms with Crippen LogP contribution in [-0.2, 0) is 5.41 Å². The molecule has 0 N–H and O–H groups in total. The third-order valence-electron chi connectivity index (χ3n) is 3.97. The molecule has 0 amide bonds. The molecular formula is C17H25BrCl2. The van der Waals surface area contributed by atoms with Crippen molar-refractivity contribution in [2.24, 2.45) is 0 Å². The van der Waals surface area contributed by atoms with E-state index in [9.17, 15) is 0 Å². The Balaban J connectivity index is 2.61. The maximum atomic E-state index is 6.29. The topological polar surface area (TPSA) is 0 Å². The fourth-order valence-electron chi connectivity index (χ4n) is 2.58. The number of halogens is 3. The first kappa shape index (κ1) is 18.3. The van der Waals surface area contributed by atoms with E-state index in [2.05, 4.69) is 41.1 Å². The average molecular weight is 380 g/mol. The van der Waals surface area contributed by atoms with Crippen LogP contribution in [0.25, 0.3) is 0 Å². The Labute approximate surface area is 142 Å². The van der Waals surface area contributed by atoms with Crippen LogP contribution in [-0.4, -0.2) is 11.8 Å². The third-order valence-corrected chi connectivity index (χ3v) is 5.68. The molecule has 1 aromatic rings. The van der Waals surface area contributed by atoms with Crippen molar-refractivity contribution in [1.82, 2.24) is 0 Å². The van der Waals surface area contributed by atoms with Crippen LogP contribution in [0.4, 0.5) is 0 Å². The van der Waals surface area contributed by atoms with E-state index >= 15 is 0 Å². The van der Waals surface area contributed by atoms with Gasteiger partial charge in [-0.05, 0) is 18.1 Å². The third kappa shape index (κ3) is 5.24. The van der Waals surface area contributed by atoms with Gasteiger partial charge in [-0.1, -0.05) is 79.6 Å².